The highest BCUT2D eigenvalue weighted by Gasteiger charge is 2.12. The molecule has 0 bridgehead atoms. The van der Waals surface area contributed by atoms with Crippen molar-refractivity contribution >= 4 is 0 Å². The first-order chi connectivity index (χ1) is 11.4. The zero-order valence-corrected chi connectivity index (χ0v) is 11.9. The molecule has 23 heavy (non-hydrogen) atoms. The summed E-state index contributed by atoms with van der Waals surface area (Å²) in [5, 5.41) is 20.3. The molecule has 0 aliphatic heterocycles. The lowest BCUT2D eigenvalue weighted by atomic mass is 10.3. The van der Waals surface area contributed by atoms with E-state index >= 15 is 0 Å². The van der Waals surface area contributed by atoms with Crippen LogP contribution in [0.4, 0.5) is 0 Å². The standard InChI is InChI=1S/C15H11N7O/c1-2-5-12(6-3-1)22-17-10-11(20-22)9-14-18-15(21-23-14)13-7-4-8-16-19-13/h1-8,10H,9H2. The largest absolute Gasteiger partial charge is 0.338 e. The van der Waals surface area contributed by atoms with E-state index in [-0.39, 0.29) is 0 Å². The van der Waals surface area contributed by atoms with Gasteiger partial charge in [-0.2, -0.15) is 25.1 Å². The summed E-state index contributed by atoms with van der Waals surface area (Å²) < 4.78 is 5.23. The van der Waals surface area contributed by atoms with Gasteiger partial charge in [-0.05, 0) is 24.3 Å². The van der Waals surface area contributed by atoms with E-state index in [1.807, 2.05) is 30.3 Å². The number of hydrogen-bond acceptors (Lipinski definition) is 7. The molecule has 0 atom stereocenters. The summed E-state index contributed by atoms with van der Waals surface area (Å²) in [6, 6.07) is 13.2. The molecule has 0 unspecified atom stereocenters. The van der Waals surface area contributed by atoms with E-state index in [0.717, 1.165) is 11.4 Å². The normalized spacial score (nSPS) is 10.8. The van der Waals surface area contributed by atoms with Crippen molar-refractivity contribution in [3.8, 4) is 17.2 Å². The van der Waals surface area contributed by atoms with E-state index in [0.29, 0.717) is 23.8 Å². The first-order valence-electron chi connectivity index (χ1n) is 6.96. The number of hydrogen-bond donors (Lipinski definition) is 0. The zero-order valence-electron chi connectivity index (χ0n) is 11.9. The van der Waals surface area contributed by atoms with Crippen molar-refractivity contribution in [1.29, 1.82) is 0 Å². The van der Waals surface area contributed by atoms with E-state index in [4.69, 9.17) is 4.52 Å². The summed E-state index contributed by atoms with van der Waals surface area (Å²) in [4.78, 5) is 5.87. The number of nitrogens with zero attached hydrogens (tertiary/aromatic N) is 7. The summed E-state index contributed by atoms with van der Waals surface area (Å²) >= 11 is 0. The van der Waals surface area contributed by atoms with E-state index < -0.39 is 0 Å². The molecule has 112 valence electrons. The van der Waals surface area contributed by atoms with Gasteiger partial charge < -0.3 is 4.52 Å². The molecule has 1 aromatic carbocycles. The van der Waals surface area contributed by atoms with Crippen LogP contribution in [0.15, 0.2) is 59.4 Å². The molecule has 8 nitrogen and oxygen atoms in total. The van der Waals surface area contributed by atoms with Crippen LogP contribution in [-0.4, -0.2) is 35.3 Å². The predicted molar refractivity (Wildman–Crippen MR) is 79.5 cm³/mol. The van der Waals surface area contributed by atoms with Crippen LogP contribution in [0.25, 0.3) is 17.2 Å². The lowest BCUT2D eigenvalue weighted by Gasteiger charge is -1.96. The molecule has 0 fully saturated rings. The van der Waals surface area contributed by atoms with Crippen LogP contribution >= 0.6 is 0 Å². The average Bonchev–Trinajstić information content (AvgIpc) is 3.27. The number of rotatable bonds is 4. The Hall–Kier alpha value is -3.42. The fourth-order valence-corrected chi connectivity index (χ4v) is 2.07. The first-order valence-corrected chi connectivity index (χ1v) is 6.96. The van der Waals surface area contributed by atoms with E-state index in [1.54, 1.807) is 29.3 Å². The van der Waals surface area contributed by atoms with Gasteiger partial charge in [-0.1, -0.05) is 23.4 Å². The minimum absolute atomic E-state index is 0.403. The van der Waals surface area contributed by atoms with Gasteiger partial charge in [0.25, 0.3) is 0 Å². The van der Waals surface area contributed by atoms with Crippen LogP contribution in [0.3, 0.4) is 0 Å². The quantitative estimate of drug-likeness (QED) is 0.566. The number of para-hydroxylation sites is 1. The van der Waals surface area contributed by atoms with Crippen molar-refractivity contribution < 1.29 is 4.52 Å². The Balaban J connectivity index is 1.53. The second-order valence-electron chi connectivity index (χ2n) is 4.76. The van der Waals surface area contributed by atoms with Gasteiger partial charge in [-0.3, -0.25) is 0 Å². The minimum atomic E-state index is 0.403. The van der Waals surface area contributed by atoms with Crippen LogP contribution in [0.2, 0.25) is 0 Å². The van der Waals surface area contributed by atoms with Crippen LogP contribution < -0.4 is 0 Å². The molecule has 0 saturated heterocycles. The van der Waals surface area contributed by atoms with Gasteiger partial charge in [0.1, 0.15) is 5.69 Å². The van der Waals surface area contributed by atoms with Gasteiger partial charge in [0.05, 0.1) is 24.0 Å². The Bertz CT molecular complexity index is 826. The third-order valence-electron chi connectivity index (χ3n) is 3.13. The second-order valence-corrected chi connectivity index (χ2v) is 4.76. The van der Waals surface area contributed by atoms with Crippen molar-refractivity contribution in [2.75, 3.05) is 0 Å². The molecular weight excluding hydrogens is 294 g/mol. The third kappa shape index (κ3) is 2.82. The van der Waals surface area contributed by atoms with Crippen LogP contribution in [0, 0.1) is 0 Å². The summed E-state index contributed by atoms with van der Waals surface area (Å²) in [7, 11) is 0. The van der Waals surface area contributed by atoms with Crippen molar-refractivity contribution in [1.82, 2.24) is 35.3 Å². The first kappa shape index (κ1) is 13.3. The maximum absolute atomic E-state index is 5.23. The highest BCUT2D eigenvalue weighted by molar-refractivity contribution is 5.46. The fourth-order valence-electron chi connectivity index (χ4n) is 2.07. The lowest BCUT2D eigenvalue weighted by molar-refractivity contribution is 0.384. The molecule has 0 radical (unpaired) electrons. The third-order valence-corrected chi connectivity index (χ3v) is 3.13. The van der Waals surface area contributed by atoms with Gasteiger partial charge >= 0.3 is 0 Å². The topological polar surface area (TPSA) is 95.4 Å². The van der Waals surface area contributed by atoms with E-state index in [1.165, 1.54) is 0 Å². The summed E-state index contributed by atoms with van der Waals surface area (Å²) in [6.07, 6.45) is 3.67. The van der Waals surface area contributed by atoms with Crippen LogP contribution in [0.5, 0.6) is 0 Å². The molecule has 8 heteroatoms. The van der Waals surface area contributed by atoms with Crippen molar-refractivity contribution in [3.63, 3.8) is 0 Å². The molecule has 3 aromatic heterocycles. The molecule has 0 spiro atoms. The van der Waals surface area contributed by atoms with Gasteiger partial charge in [-0.15, -0.1) is 5.10 Å². The Morgan fingerprint density at radius 3 is 2.78 bits per heavy atom. The molecule has 0 aliphatic rings. The summed E-state index contributed by atoms with van der Waals surface area (Å²) in [5.74, 6) is 0.856. The van der Waals surface area contributed by atoms with Crippen molar-refractivity contribution in [2.45, 2.75) is 6.42 Å². The van der Waals surface area contributed by atoms with Gasteiger partial charge in [0, 0.05) is 6.20 Å². The molecule has 4 aromatic rings. The molecule has 3 heterocycles. The summed E-state index contributed by atoms with van der Waals surface area (Å²) in [5.41, 5.74) is 2.20. The van der Waals surface area contributed by atoms with Crippen LogP contribution in [0.1, 0.15) is 11.6 Å². The maximum atomic E-state index is 5.23. The number of aromatic nitrogens is 7. The van der Waals surface area contributed by atoms with E-state index in [9.17, 15) is 0 Å². The summed E-state index contributed by atoms with van der Waals surface area (Å²) in [6.45, 7) is 0. The lowest BCUT2D eigenvalue weighted by Crippen LogP contribution is -1.99. The molecule has 4 rings (SSSR count). The Morgan fingerprint density at radius 1 is 1.04 bits per heavy atom. The molecule has 0 N–H and O–H groups in total. The van der Waals surface area contributed by atoms with Crippen molar-refractivity contribution in [2.24, 2.45) is 0 Å². The van der Waals surface area contributed by atoms with Gasteiger partial charge in [0.2, 0.25) is 11.7 Å². The average molecular weight is 305 g/mol. The Kier molecular flexibility index (Phi) is 3.32. The van der Waals surface area contributed by atoms with E-state index in [2.05, 4.69) is 30.5 Å². The number of benzene rings is 1. The molecule has 0 saturated carbocycles. The SMILES string of the molecule is c1ccc(-n2ncc(Cc3nc(-c4cccnn4)no3)n2)cc1. The maximum Gasteiger partial charge on any atom is 0.233 e. The smallest absolute Gasteiger partial charge is 0.233 e. The highest BCUT2D eigenvalue weighted by Crippen LogP contribution is 2.13. The fraction of sp³-hybridized carbons (Fsp3) is 0.0667. The van der Waals surface area contributed by atoms with Crippen LogP contribution in [-0.2, 0) is 6.42 Å². The Labute approximate surface area is 130 Å². The minimum Gasteiger partial charge on any atom is -0.338 e. The molecule has 0 aliphatic carbocycles. The highest BCUT2D eigenvalue weighted by atomic mass is 16.5. The van der Waals surface area contributed by atoms with Crippen molar-refractivity contribution in [3.05, 3.63) is 66.4 Å². The Morgan fingerprint density at radius 2 is 1.96 bits per heavy atom. The van der Waals surface area contributed by atoms with Gasteiger partial charge in [0.15, 0.2) is 0 Å². The predicted octanol–water partition coefficient (Wildman–Crippen LogP) is 1.70. The molecule has 0 amide bonds. The van der Waals surface area contributed by atoms with Gasteiger partial charge in [-0.25, -0.2) is 0 Å². The zero-order chi connectivity index (χ0) is 15.5. The monoisotopic (exact) mass is 305 g/mol. The second kappa shape index (κ2) is 5.76. The molecular formula is C15H11N7O.